The Morgan fingerprint density at radius 1 is 0.667 bits per heavy atom. The number of nitrogens with one attached hydrogen (secondary N) is 1. The van der Waals surface area contributed by atoms with E-state index in [2.05, 4.69) is 142 Å². The lowest BCUT2D eigenvalue weighted by Gasteiger charge is -2.29. The van der Waals surface area contributed by atoms with E-state index in [1.165, 1.54) is 45.2 Å². The van der Waals surface area contributed by atoms with E-state index in [1.54, 1.807) is 12.2 Å². The monoisotopic (exact) mass is 706 g/mol. The van der Waals surface area contributed by atoms with E-state index in [9.17, 15) is 0 Å². The predicted molar refractivity (Wildman–Crippen MR) is 239 cm³/mol. The third-order valence-electron chi connectivity index (χ3n) is 9.06. The minimum atomic E-state index is -0.239. The number of hydrogen-bond donors (Lipinski definition) is 1. The molecule has 0 amide bonds. The second-order valence-corrected chi connectivity index (χ2v) is 12.2. The van der Waals surface area contributed by atoms with Crippen molar-refractivity contribution in [2.24, 2.45) is 0 Å². The molecule has 1 aromatic heterocycles. The molecule has 5 aromatic rings. The molecule has 6 rings (SSSR count). The highest BCUT2D eigenvalue weighted by Gasteiger charge is 2.41. The van der Waals surface area contributed by atoms with Gasteiger partial charge in [-0.1, -0.05) is 192 Å². The molecule has 2 nitrogen and oxygen atoms in total. The molecule has 0 spiro atoms. The molecule has 1 aliphatic rings. The highest BCUT2D eigenvalue weighted by Crippen LogP contribution is 2.53. The number of aromatic nitrogens is 1. The Hall–Kier alpha value is -6.38. The zero-order chi connectivity index (χ0) is 39.3. The molecule has 4 aromatic carbocycles. The van der Waals surface area contributed by atoms with Gasteiger partial charge in [0.25, 0.3) is 0 Å². The van der Waals surface area contributed by atoms with Crippen molar-refractivity contribution in [1.82, 2.24) is 4.98 Å². The lowest BCUT2D eigenvalue weighted by molar-refractivity contribution is 0.713. The van der Waals surface area contributed by atoms with Crippen molar-refractivity contribution >= 4 is 11.8 Å². The third kappa shape index (κ3) is 10.1. The Morgan fingerprint density at radius 3 is 1.94 bits per heavy atom. The van der Waals surface area contributed by atoms with Crippen molar-refractivity contribution in [1.29, 1.82) is 5.41 Å². The fourth-order valence-corrected chi connectivity index (χ4v) is 6.46. The van der Waals surface area contributed by atoms with Gasteiger partial charge in [-0.25, -0.2) is 0 Å². The van der Waals surface area contributed by atoms with Crippen LogP contribution in [0.2, 0.25) is 0 Å². The van der Waals surface area contributed by atoms with Gasteiger partial charge in [0.1, 0.15) is 0 Å². The quantitative estimate of drug-likeness (QED) is 0.114. The summed E-state index contributed by atoms with van der Waals surface area (Å²) in [7, 11) is 0. The van der Waals surface area contributed by atoms with E-state index < -0.39 is 0 Å². The van der Waals surface area contributed by atoms with Crippen LogP contribution in [0.15, 0.2) is 208 Å². The van der Waals surface area contributed by atoms with Crippen LogP contribution < -0.4 is 0 Å². The largest absolute Gasteiger partial charge is 0.309 e. The van der Waals surface area contributed by atoms with Crippen molar-refractivity contribution in [2.45, 2.75) is 40.0 Å². The molecule has 0 saturated heterocycles. The SMILES string of the molecule is C=C/C(=C\C=N)C1(C)c2ccccc2-c2c(C)cccc21.C=C/C=C(\C=C)c1ccnc(-c2ccc(-c3ccccc3)cc2)c1.C=C/C=C\C=C/C.CC. The molecule has 1 aliphatic carbocycles. The Bertz CT molecular complexity index is 2140. The van der Waals surface area contributed by atoms with Gasteiger partial charge in [-0.15, -0.1) is 0 Å². The van der Waals surface area contributed by atoms with Crippen molar-refractivity contribution in [3.05, 3.63) is 230 Å². The second-order valence-electron chi connectivity index (χ2n) is 12.2. The fourth-order valence-electron chi connectivity index (χ4n) is 6.46. The summed E-state index contributed by atoms with van der Waals surface area (Å²) in [6, 6.07) is 37.9. The van der Waals surface area contributed by atoms with Gasteiger partial charge in [0.15, 0.2) is 0 Å². The van der Waals surface area contributed by atoms with Crippen molar-refractivity contribution in [3.63, 3.8) is 0 Å². The average Bonchev–Trinajstić information content (AvgIpc) is 3.50. The molecule has 2 heteroatoms. The average molecular weight is 707 g/mol. The number of rotatable bonds is 10. The number of hydrogen-bond acceptors (Lipinski definition) is 2. The van der Waals surface area contributed by atoms with Crippen molar-refractivity contribution < 1.29 is 0 Å². The molecule has 1 unspecified atom stereocenters. The van der Waals surface area contributed by atoms with Gasteiger partial charge in [0.2, 0.25) is 0 Å². The lowest BCUT2D eigenvalue weighted by Crippen LogP contribution is -2.23. The molecule has 1 heterocycles. The summed E-state index contributed by atoms with van der Waals surface area (Å²) in [5.41, 5.74) is 13.9. The zero-order valence-corrected chi connectivity index (χ0v) is 32.6. The van der Waals surface area contributed by atoms with Gasteiger partial charge in [-0.3, -0.25) is 4.98 Å². The van der Waals surface area contributed by atoms with Crippen LogP contribution in [0.3, 0.4) is 0 Å². The van der Waals surface area contributed by atoms with Crippen LogP contribution >= 0.6 is 0 Å². The summed E-state index contributed by atoms with van der Waals surface area (Å²) >= 11 is 0. The molecule has 1 N–H and O–H groups in total. The third-order valence-corrected chi connectivity index (χ3v) is 9.06. The summed E-state index contributed by atoms with van der Waals surface area (Å²) in [4.78, 5) is 4.50. The van der Waals surface area contributed by atoms with Crippen LogP contribution in [0.5, 0.6) is 0 Å². The smallest absolute Gasteiger partial charge is 0.0708 e. The van der Waals surface area contributed by atoms with E-state index in [0.29, 0.717) is 0 Å². The summed E-state index contributed by atoms with van der Waals surface area (Å²) in [6.45, 7) is 25.5. The molecule has 0 aliphatic heterocycles. The first kappa shape index (κ1) is 42.0. The number of allylic oxidation sites excluding steroid dienone is 12. The second kappa shape index (κ2) is 21.9. The maximum Gasteiger partial charge on any atom is 0.0708 e. The number of nitrogens with zero attached hydrogens (tertiary/aromatic N) is 1. The molecule has 0 fully saturated rings. The zero-order valence-electron chi connectivity index (χ0n) is 32.6. The van der Waals surface area contributed by atoms with Crippen LogP contribution in [0.25, 0.3) is 39.1 Å². The van der Waals surface area contributed by atoms with Gasteiger partial charge < -0.3 is 5.41 Å². The lowest BCUT2D eigenvalue weighted by atomic mass is 9.73. The summed E-state index contributed by atoms with van der Waals surface area (Å²) in [5.74, 6) is 0. The van der Waals surface area contributed by atoms with E-state index in [4.69, 9.17) is 5.41 Å². The number of pyridine rings is 1. The minimum absolute atomic E-state index is 0.239. The minimum Gasteiger partial charge on any atom is -0.309 e. The van der Waals surface area contributed by atoms with Crippen molar-refractivity contribution in [3.8, 4) is 33.5 Å². The topological polar surface area (TPSA) is 36.7 Å². The number of aryl methyl sites for hydroxylation is 1. The van der Waals surface area contributed by atoms with Crippen LogP contribution in [-0.2, 0) is 5.41 Å². The summed E-state index contributed by atoms with van der Waals surface area (Å²) in [5, 5.41) is 7.45. The maximum atomic E-state index is 7.45. The maximum absolute atomic E-state index is 7.45. The Morgan fingerprint density at radius 2 is 1.31 bits per heavy atom. The van der Waals surface area contributed by atoms with Gasteiger partial charge in [-0.2, -0.15) is 0 Å². The predicted octanol–water partition coefficient (Wildman–Crippen LogP) is 14.5. The number of fused-ring (bicyclic) bond motifs is 3. The van der Waals surface area contributed by atoms with Crippen molar-refractivity contribution in [2.75, 3.05) is 0 Å². The van der Waals surface area contributed by atoms with Gasteiger partial charge in [0.05, 0.1) is 5.69 Å². The molecule has 54 heavy (non-hydrogen) atoms. The molecular formula is C52H54N2. The standard InChI is InChI=1S/C23H19N.C20H19N.C7H10.C2H6/c1-3-8-18(4-2)22-15-16-24-23(17-22)21-13-11-20(12-14-21)19-9-6-5-7-10-19;1-4-15(12-13-21)20(3)17-10-6-5-9-16(17)19-14(2)8-7-11-18(19)20;1-3-5-7-6-4-2;1-2/h3-17H,1-2H2;4-13,21H,1H2,2-3H3;3-7H,1H2,2H3;1-2H3/b18-8+;15-12+,21-13?;6-4-,7-5-;. The fraction of sp³-hybridized carbons (Fsp3) is 0.115. The van der Waals surface area contributed by atoms with Crippen LogP contribution in [0.4, 0.5) is 0 Å². The molecular weight excluding hydrogens is 653 g/mol. The molecule has 1 atom stereocenters. The van der Waals surface area contributed by atoms with Gasteiger partial charge in [-0.05, 0) is 94.6 Å². The van der Waals surface area contributed by atoms with E-state index in [-0.39, 0.29) is 5.41 Å². The first-order chi connectivity index (χ1) is 26.4. The van der Waals surface area contributed by atoms with Crippen LogP contribution in [0.1, 0.15) is 49.9 Å². The highest BCUT2D eigenvalue weighted by atomic mass is 14.7. The molecule has 0 radical (unpaired) electrons. The van der Waals surface area contributed by atoms with Gasteiger partial charge in [0, 0.05) is 23.4 Å². The summed E-state index contributed by atoms with van der Waals surface area (Å²) in [6.07, 6.45) is 22.0. The Kier molecular flexibility index (Phi) is 17.0. The van der Waals surface area contributed by atoms with Gasteiger partial charge >= 0.3 is 0 Å². The van der Waals surface area contributed by atoms with Crippen LogP contribution in [0, 0.1) is 12.3 Å². The molecule has 272 valence electrons. The van der Waals surface area contributed by atoms with E-state index in [0.717, 1.165) is 28.0 Å². The first-order valence-electron chi connectivity index (χ1n) is 18.4. The first-order valence-corrected chi connectivity index (χ1v) is 18.4. The van der Waals surface area contributed by atoms with E-state index in [1.807, 2.05) is 87.7 Å². The normalized spacial score (nSPS) is 14.2. The van der Waals surface area contributed by atoms with E-state index >= 15 is 0 Å². The summed E-state index contributed by atoms with van der Waals surface area (Å²) < 4.78 is 0. The Balaban J connectivity index is 0.000000239. The highest BCUT2D eigenvalue weighted by molar-refractivity contribution is 5.87. The number of benzene rings is 4. The van der Waals surface area contributed by atoms with Crippen LogP contribution in [-0.4, -0.2) is 11.2 Å². The molecule has 0 saturated carbocycles. The molecule has 0 bridgehead atoms. The Labute approximate surface area is 324 Å².